The number of hydrogen-bond acceptors (Lipinski definition) is 2. The number of para-hydroxylation sites is 1. The minimum atomic E-state index is 0.441. The molecule has 2 aromatic carbocycles. The summed E-state index contributed by atoms with van der Waals surface area (Å²) in [6, 6.07) is 17.6. The molecule has 0 amide bonds. The van der Waals surface area contributed by atoms with Gasteiger partial charge in [0.05, 0.1) is 6.61 Å². The maximum absolute atomic E-state index is 5.79. The van der Waals surface area contributed by atoms with Crippen molar-refractivity contribution in [1.29, 1.82) is 0 Å². The van der Waals surface area contributed by atoms with Crippen LogP contribution in [0.2, 0.25) is 0 Å². The zero-order chi connectivity index (χ0) is 14.7. The fourth-order valence-corrected chi connectivity index (χ4v) is 3.31. The molecule has 2 nitrogen and oxygen atoms in total. The largest absolute Gasteiger partial charge is 0.493 e. The van der Waals surface area contributed by atoms with Crippen molar-refractivity contribution >= 4 is 0 Å². The molecule has 21 heavy (non-hydrogen) atoms. The fraction of sp³-hybridized carbons (Fsp3) is 0.368. The Morgan fingerprint density at radius 2 is 1.90 bits per heavy atom. The summed E-state index contributed by atoms with van der Waals surface area (Å²) in [7, 11) is 2.07. The van der Waals surface area contributed by atoms with Crippen molar-refractivity contribution < 1.29 is 4.74 Å². The molecule has 1 aliphatic heterocycles. The van der Waals surface area contributed by atoms with Crippen LogP contribution in [0.4, 0.5) is 0 Å². The van der Waals surface area contributed by atoms with E-state index >= 15 is 0 Å². The molecular formula is C19H23NO. The van der Waals surface area contributed by atoms with Gasteiger partial charge in [-0.2, -0.15) is 0 Å². The van der Waals surface area contributed by atoms with E-state index in [0.717, 1.165) is 25.2 Å². The summed E-state index contributed by atoms with van der Waals surface area (Å²) in [5.74, 6) is 1.57. The van der Waals surface area contributed by atoms with Crippen molar-refractivity contribution in [2.45, 2.75) is 31.7 Å². The molecule has 0 fully saturated rings. The lowest BCUT2D eigenvalue weighted by Crippen LogP contribution is -2.36. The highest BCUT2D eigenvalue weighted by atomic mass is 16.5. The number of ether oxygens (including phenoxy) is 1. The monoisotopic (exact) mass is 281 g/mol. The lowest BCUT2D eigenvalue weighted by atomic mass is 9.83. The second-order valence-corrected chi connectivity index (χ2v) is 5.81. The van der Waals surface area contributed by atoms with Crippen molar-refractivity contribution in [3.05, 3.63) is 65.2 Å². The van der Waals surface area contributed by atoms with Crippen molar-refractivity contribution in [2.24, 2.45) is 0 Å². The maximum Gasteiger partial charge on any atom is 0.122 e. The molecule has 2 unspecified atom stereocenters. The molecule has 1 aliphatic rings. The number of aryl methyl sites for hydroxylation is 1. The van der Waals surface area contributed by atoms with Gasteiger partial charge in [-0.15, -0.1) is 0 Å². The topological polar surface area (TPSA) is 21.3 Å². The third kappa shape index (κ3) is 2.96. The summed E-state index contributed by atoms with van der Waals surface area (Å²) in [5.41, 5.74) is 4.15. The van der Waals surface area contributed by atoms with Crippen LogP contribution >= 0.6 is 0 Å². The molecule has 1 N–H and O–H groups in total. The molecule has 0 saturated heterocycles. The smallest absolute Gasteiger partial charge is 0.122 e. The molecular weight excluding hydrogens is 258 g/mol. The number of rotatable bonds is 4. The van der Waals surface area contributed by atoms with Crippen LogP contribution in [-0.4, -0.2) is 19.7 Å². The number of hydrogen-bond donors (Lipinski definition) is 1. The molecule has 2 aromatic rings. The number of likely N-dealkylation sites (N-methyl/N-ethyl adjacent to an activating group) is 1. The third-order valence-electron chi connectivity index (χ3n) is 4.56. The highest BCUT2D eigenvalue weighted by molar-refractivity contribution is 5.39. The van der Waals surface area contributed by atoms with E-state index in [4.69, 9.17) is 4.74 Å². The highest BCUT2D eigenvalue weighted by Crippen LogP contribution is 2.36. The summed E-state index contributed by atoms with van der Waals surface area (Å²) >= 11 is 0. The quantitative estimate of drug-likeness (QED) is 0.923. The van der Waals surface area contributed by atoms with E-state index < -0.39 is 0 Å². The van der Waals surface area contributed by atoms with Gasteiger partial charge < -0.3 is 10.1 Å². The Hall–Kier alpha value is -1.80. The minimum Gasteiger partial charge on any atom is -0.493 e. The van der Waals surface area contributed by atoms with E-state index in [0.29, 0.717) is 12.0 Å². The summed E-state index contributed by atoms with van der Waals surface area (Å²) < 4.78 is 5.79. The standard InChI is InChI=1S/C19H23NO/c1-14-7-3-4-8-15(14)13-18(20-2)16-11-12-21-19-10-6-5-9-17(16)19/h3-10,16,18,20H,11-13H2,1-2H3. The Morgan fingerprint density at radius 1 is 1.14 bits per heavy atom. The van der Waals surface area contributed by atoms with Gasteiger partial charge in [0.2, 0.25) is 0 Å². The Kier molecular flexibility index (Phi) is 4.26. The predicted molar refractivity (Wildman–Crippen MR) is 87.0 cm³/mol. The SMILES string of the molecule is CNC(Cc1ccccc1C)C1CCOc2ccccc21. The van der Waals surface area contributed by atoms with Crippen LogP contribution in [0, 0.1) is 6.92 Å². The lowest BCUT2D eigenvalue weighted by molar-refractivity contribution is 0.247. The van der Waals surface area contributed by atoms with Crippen LogP contribution < -0.4 is 10.1 Å². The third-order valence-corrected chi connectivity index (χ3v) is 4.56. The van der Waals surface area contributed by atoms with Crippen molar-refractivity contribution in [2.75, 3.05) is 13.7 Å². The van der Waals surface area contributed by atoms with Gasteiger partial charge in [0.25, 0.3) is 0 Å². The lowest BCUT2D eigenvalue weighted by Gasteiger charge is -2.32. The Morgan fingerprint density at radius 3 is 2.71 bits per heavy atom. The first-order valence-electron chi connectivity index (χ1n) is 7.73. The molecule has 0 saturated carbocycles. The first-order chi connectivity index (χ1) is 10.3. The summed E-state index contributed by atoms with van der Waals surface area (Å²) in [6.45, 7) is 3.01. The van der Waals surface area contributed by atoms with Gasteiger partial charge in [0.1, 0.15) is 5.75 Å². The fourth-order valence-electron chi connectivity index (χ4n) is 3.31. The second-order valence-electron chi connectivity index (χ2n) is 5.81. The molecule has 0 bridgehead atoms. The molecule has 0 spiro atoms. The first kappa shape index (κ1) is 14.2. The van der Waals surface area contributed by atoms with Crippen LogP contribution in [0.1, 0.15) is 29.0 Å². The average molecular weight is 281 g/mol. The van der Waals surface area contributed by atoms with Gasteiger partial charge >= 0.3 is 0 Å². The van der Waals surface area contributed by atoms with Crippen LogP contribution in [0.5, 0.6) is 5.75 Å². The molecule has 0 aliphatic carbocycles. The maximum atomic E-state index is 5.79. The average Bonchev–Trinajstić information content (AvgIpc) is 2.54. The normalized spacial score (nSPS) is 18.7. The summed E-state index contributed by atoms with van der Waals surface area (Å²) in [6.07, 6.45) is 2.14. The molecule has 0 aromatic heterocycles. The van der Waals surface area contributed by atoms with Crippen molar-refractivity contribution in [3.63, 3.8) is 0 Å². The molecule has 0 radical (unpaired) electrons. The molecule has 1 heterocycles. The zero-order valence-corrected chi connectivity index (χ0v) is 12.8. The highest BCUT2D eigenvalue weighted by Gasteiger charge is 2.28. The van der Waals surface area contributed by atoms with Gasteiger partial charge in [-0.1, -0.05) is 42.5 Å². The Bertz CT molecular complexity index is 608. The molecule has 2 heteroatoms. The van der Waals surface area contributed by atoms with Gasteiger partial charge in [-0.3, -0.25) is 0 Å². The van der Waals surface area contributed by atoms with E-state index in [1.807, 2.05) is 0 Å². The number of fused-ring (bicyclic) bond motifs is 1. The minimum absolute atomic E-state index is 0.441. The van der Waals surface area contributed by atoms with Gasteiger partial charge in [0, 0.05) is 12.0 Å². The van der Waals surface area contributed by atoms with Crippen LogP contribution in [0.25, 0.3) is 0 Å². The van der Waals surface area contributed by atoms with E-state index in [1.165, 1.54) is 16.7 Å². The molecule has 3 rings (SSSR count). The van der Waals surface area contributed by atoms with E-state index in [1.54, 1.807) is 0 Å². The summed E-state index contributed by atoms with van der Waals surface area (Å²) in [5, 5.41) is 3.53. The van der Waals surface area contributed by atoms with Crippen molar-refractivity contribution in [1.82, 2.24) is 5.32 Å². The number of benzene rings is 2. The van der Waals surface area contributed by atoms with Crippen LogP contribution in [-0.2, 0) is 6.42 Å². The molecule has 110 valence electrons. The Balaban J connectivity index is 1.86. The van der Waals surface area contributed by atoms with E-state index in [9.17, 15) is 0 Å². The summed E-state index contributed by atoms with van der Waals surface area (Å²) in [4.78, 5) is 0. The van der Waals surface area contributed by atoms with Gasteiger partial charge in [-0.25, -0.2) is 0 Å². The van der Waals surface area contributed by atoms with Crippen LogP contribution in [0.3, 0.4) is 0 Å². The number of nitrogens with one attached hydrogen (secondary N) is 1. The second kappa shape index (κ2) is 6.31. The van der Waals surface area contributed by atoms with Gasteiger partial charge in [0.15, 0.2) is 0 Å². The first-order valence-corrected chi connectivity index (χ1v) is 7.73. The Labute approximate surface area is 127 Å². The van der Waals surface area contributed by atoms with Gasteiger partial charge in [-0.05, 0) is 49.6 Å². The van der Waals surface area contributed by atoms with E-state index in [2.05, 4.69) is 67.8 Å². The van der Waals surface area contributed by atoms with E-state index in [-0.39, 0.29) is 0 Å². The zero-order valence-electron chi connectivity index (χ0n) is 12.8. The predicted octanol–water partition coefficient (Wildman–Crippen LogP) is 3.69. The van der Waals surface area contributed by atoms with Crippen molar-refractivity contribution in [3.8, 4) is 5.75 Å². The van der Waals surface area contributed by atoms with Crippen LogP contribution in [0.15, 0.2) is 48.5 Å². The molecule has 2 atom stereocenters.